The lowest BCUT2D eigenvalue weighted by Crippen LogP contribution is -2.08. The first-order chi connectivity index (χ1) is 8.84. The van der Waals surface area contributed by atoms with Crippen LogP contribution in [0.25, 0.3) is 0 Å². The van der Waals surface area contributed by atoms with E-state index in [2.05, 4.69) is 6.92 Å². The number of rotatable bonds is 9. The highest BCUT2D eigenvalue weighted by atomic mass is 16.5. The Morgan fingerprint density at radius 3 is 2.44 bits per heavy atom. The fraction of sp³-hybridized carbons (Fsp3) is 0.533. The predicted octanol–water partition coefficient (Wildman–Crippen LogP) is 3.63. The van der Waals surface area contributed by atoms with Crippen LogP contribution in [0.4, 0.5) is 0 Å². The summed E-state index contributed by atoms with van der Waals surface area (Å²) in [4.78, 5) is 0. The molecule has 0 unspecified atom stereocenters. The maximum absolute atomic E-state index is 7.74. The molecule has 1 rings (SSSR count). The Bertz CT molecular complexity index is 325. The lowest BCUT2D eigenvalue weighted by atomic mass is 10.2. The molecule has 0 aliphatic carbocycles. The van der Waals surface area contributed by atoms with Gasteiger partial charge in [-0.15, -0.1) is 0 Å². The van der Waals surface area contributed by atoms with Crippen LogP contribution in [0.5, 0.6) is 0 Å². The molecular weight excluding hydrogens is 226 g/mol. The molecule has 0 heterocycles. The van der Waals surface area contributed by atoms with E-state index in [4.69, 9.17) is 14.9 Å². The normalized spacial score (nSPS) is 10.3. The standard InChI is InChI=1S/C15H23NO2/c1-2-3-7-11-17-12-8-13-18-15(16)14-9-5-4-6-10-14/h4-6,9-10,16H,2-3,7-8,11-13H2,1H3. The molecule has 3 heteroatoms. The largest absolute Gasteiger partial charge is 0.478 e. The third-order valence-corrected chi connectivity index (χ3v) is 2.61. The third-order valence-electron chi connectivity index (χ3n) is 2.61. The maximum Gasteiger partial charge on any atom is 0.213 e. The first kappa shape index (κ1) is 14.7. The Morgan fingerprint density at radius 1 is 1.00 bits per heavy atom. The van der Waals surface area contributed by atoms with E-state index in [1.54, 1.807) is 0 Å². The highest BCUT2D eigenvalue weighted by Gasteiger charge is 2.00. The molecular formula is C15H23NO2. The van der Waals surface area contributed by atoms with Gasteiger partial charge in [-0.05, 0) is 18.6 Å². The Morgan fingerprint density at radius 2 is 1.72 bits per heavy atom. The fourth-order valence-corrected chi connectivity index (χ4v) is 1.56. The van der Waals surface area contributed by atoms with Crippen molar-refractivity contribution in [1.82, 2.24) is 0 Å². The van der Waals surface area contributed by atoms with Crippen LogP contribution in [0.1, 0.15) is 38.2 Å². The molecule has 0 aliphatic rings. The van der Waals surface area contributed by atoms with E-state index >= 15 is 0 Å². The van der Waals surface area contributed by atoms with Crippen LogP contribution in [-0.4, -0.2) is 25.7 Å². The van der Waals surface area contributed by atoms with Gasteiger partial charge in [0.1, 0.15) is 0 Å². The van der Waals surface area contributed by atoms with Crippen molar-refractivity contribution >= 4 is 5.90 Å². The average Bonchev–Trinajstić information content (AvgIpc) is 2.42. The fourth-order valence-electron chi connectivity index (χ4n) is 1.56. The Kier molecular flexibility index (Phi) is 7.89. The summed E-state index contributed by atoms with van der Waals surface area (Å²) in [5, 5.41) is 7.74. The summed E-state index contributed by atoms with van der Waals surface area (Å²) >= 11 is 0. The van der Waals surface area contributed by atoms with Crippen LogP contribution >= 0.6 is 0 Å². The quantitative estimate of drug-likeness (QED) is 0.412. The molecule has 0 aromatic heterocycles. The summed E-state index contributed by atoms with van der Waals surface area (Å²) in [6.07, 6.45) is 4.42. The van der Waals surface area contributed by atoms with Gasteiger partial charge in [0.25, 0.3) is 0 Å². The van der Waals surface area contributed by atoms with Gasteiger partial charge >= 0.3 is 0 Å². The van der Waals surface area contributed by atoms with E-state index in [-0.39, 0.29) is 5.90 Å². The van der Waals surface area contributed by atoms with Gasteiger partial charge < -0.3 is 9.47 Å². The summed E-state index contributed by atoms with van der Waals surface area (Å²) < 4.78 is 10.8. The molecule has 1 N–H and O–H groups in total. The Balaban J connectivity index is 2.00. The van der Waals surface area contributed by atoms with E-state index in [1.807, 2.05) is 30.3 Å². The van der Waals surface area contributed by atoms with E-state index in [1.165, 1.54) is 12.8 Å². The molecule has 0 radical (unpaired) electrons. The van der Waals surface area contributed by atoms with Crippen LogP contribution < -0.4 is 0 Å². The van der Waals surface area contributed by atoms with Crippen molar-refractivity contribution in [2.75, 3.05) is 19.8 Å². The van der Waals surface area contributed by atoms with Crippen LogP contribution in [0.2, 0.25) is 0 Å². The lowest BCUT2D eigenvalue weighted by molar-refractivity contribution is 0.114. The molecule has 18 heavy (non-hydrogen) atoms. The van der Waals surface area contributed by atoms with E-state index in [0.717, 1.165) is 25.0 Å². The van der Waals surface area contributed by atoms with Gasteiger partial charge in [0.2, 0.25) is 5.90 Å². The van der Waals surface area contributed by atoms with Gasteiger partial charge in [-0.3, -0.25) is 5.41 Å². The zero-order valence-corrected chi connectivity index (χ0v) is 11.2. The summed E-state index contributed by atoms with van der Waals surface area (Å²) in [7, 11) is 0. The predicted molar refractivity (Wildman–Crippen MR) is 74.2 cm³/mol. The van der Waals surface area contributed by atoms with Crippen molar-refractivity contribution in [1.29, 1.82) is 5.41 Å². The summed E-state index contributed by atoms with van der Waals surface area (Å²) in [6, 6.07) is 9.50. The summed E-state index contributed by atoms with van der Waals surface area (Å²) in [6.45, 7) is 4.28. The number of ether oxygens (including phenoxy) is 2. The zero-order valence-electron chi connectivity index (χ0n) is 11.2. The van der Waals surface area contributed by atoms with Crippen molar-refractivity contribution < 1.29 is 9.47 Å². The topological polar surface area (TPSA) is 42.3 Å². The molecule has 100 valence electrons. The molecule has 1 aromatic carbocycles. The molecule has 0 saturated heterocycles. The van der Waals surface area contributed by atoms with E-state index in [0.29, 0.717) is 13.2 Å². The lowest BCUT2D eigenvalue weighted by Gasteiger charge is -2.07. The summed E-state index contributed by atoms with van der Waals surface area (Å²) in [5.74, 6) is 0.238. The van der Waals surface area contributed by atoms with Crippen LogP contribution in [0.3, 0.4) is 0 Å². The van der Waals surface area contributed by atoms with E-state index in [9.17, 15) is 0 Å². The van der Waals surface area contributed by atoms with Crippen molar-refractivity contribution in [3.05, 3.63) is 35.9 Å². The minimum Gasteiger partial charge on any atom is -0.478 e. The molecule has 0 saturated carbocycles. The second kappa shape index (κ2) is 9.66. The number of unbranched alkanes of at least 4 members (excludes halogenated alkanes) is 2. The van der Waals surface area contributed by atoms with Crippen molar-refractivity contribution in [2.24, 2.45) is 0 Å². The van der Waals surface area contributed by atoms with Gasteiger partial charge in [0, 0.05) is 25.2 Å². The first-order valence-corrected chi connectivity index (χ1v) is 6.69. The van der Waals surface area contributed by atoms with Crippen molar-refractivity contribution in [3.8, 4) is 0 Å². The van der Waals surface area contributed by atoms with Crippen molar-refractivity contribution in [2.45, 2.75) is 32.6 Å². The minimum atomic E-state index is 0.238. The van der Waals surface area contributed by atoms with E-state index < -0.39 is 0 Å². The smallest absolute Gasteiger partial charge is 0.213 e. The average molecular weight is 249 g/mol. The maximum atomic E-state index is 7.74. The second-order valence-corrected chi connectivity index (χ2v) is 4.22. The number of hydrogen-bond acceptors (Lipinski definition) is 3. The SMILES string of the molecule is CCCCCOCCCOC(=N)c1ccccc1. The first-order valence-electron chi connectivity index (χ1n) is 6.69. The van der Waals surface area contributed by atoms with Gasteiger partial charge in [-0.1, -0.05) is 38.0 Å². The van der Waals surface area contributed by atoms with Gasteiger partial charge in [-0.25, -0.2) is 0 Å². The molecule has 0 fully saturated rings. The zero-order chi connectivity index (χ0) is 13.1. The number of nitrogens with one attached hydrogen (secondary N) is 1. The Hall–Kier alpha value is -1.35. The van der Waals surface area contributed by atoms with Crippen LogP contribution in [-0.2, 0) is 9.47 Å². The van der Waals surface area contributed by atoms with Crippen LogP contribution in [0.15, 0.2) is 30.3 Å². The number of hydrogen-bond donors (Lipinski definition) is 1. The Labute approximate surface area is 110 Å². The third kappa shape index (κ3) is 6.40. The molecule has 3 nitrogen and oxygen atoms in total. The molecule has 0 amide bonds. The molecule has 0 spiro atoms. The molecule has 0 aliphatic heterocycles. The number of benzene rings is 1. The van der Waals surface area contributed by atoms with Gasteiger partial charge in [-0.2, -0.15) is 0 Å². The van der Waals surface area contributed by atoms with Gasteiger partial charge in [0.15, 0.2) is 0 Å². The highest BCUT2D eigenvalue weighted by Crippen LogP contribution is 2.01. The molecule has 0 atom stereocenters. The van der Waals surface area contributed by atoms with Gasteiger partial charge in [0.05, 0.1) is 6.61 Å². The molecule has 1 aromatic rings. The minimum absolute atomic E-state index is 0.238. The summed E-state index contributed by atoms with van der Waals surface area (Å²) in [5.41, 5.74) is 0.821. The second-order valence-electron chi connectivity index (χ2n) is 4.22. The van der Waals surface area contributed by atoms with Crippen LogP contribution in [0, 0.1) is 5.41 Å². The highest BCUT2D eigenvalue weighted by molar-refractivity contribution is 5.91. The monoisotopic (exact) mass is 249 g/mol. The molecule has 0 bridgehead atoms. The van der Waals surface area contributed by atoms with Crippen molar-refractivity contribution in [3.63, 3.8) is 0 Å².